The third kappa shape index (κ3) is 3.22. The van der Waals surface area contributed by atoms with Gasteiger partial charge in [-0.15, -0.1) is 0 Å². The molecule has 2 N–H and O–H groups in total. The van der Waals surface area contributed by atoms with Crippen LogP contribution in [0.4, 0.5) is 5.69 Å². The van der Waals surface area contributed by atoms with Crippen LogP contribution in [-0.2, 0) is 0 Å². The Morgan fingerprint density at radius 1 is 1.39 bits per heavy atom. The lowest BCUT2D eigenvalue weighted by Crippen LogP contribution is -2.27. The number of unbranched alkanes of at least 4 members (excludes halogenated alkanes) is 1. The molecular weight excluding hydrogens is 222 g/mol. The molecule has 1 unspecified atom stereocenters. The van der Waals surface area contributed by atoms with E-state index in [0.29, 0.717) is 0 Å². The van der Waals surface area contributed by atoms with E-state index in [4.69, 9.17) is 5.73 Å². The van der Waals surface area contributed by atoms with Gasteiger partial charge in [-0.05, 0) is 37.8 Å². The van der Waals surface area contributed by atoms with Crippen molar-refractivity contribution in [3.8, 4) is 0 Å². The fourth-order valence-electron chi connectivity index (χ4n) is 2.23. The molecule has 1 fully saturated rings. The molecule has 0 spiro atoms. The molecule has 1 aliphatic rings. The first-order chi connectivity index (χ1) is 8.76. The zero-order chi connectivity index (χ0) is 13.0. The normalized spacial score (nSPS) is 16.6. The van der Waals surface area contributed by atoms with E-state index in [-0.39, 0.29) is 6.04 Å². The van der Waals surface area contributed by atoms with E-state index in [1.807, 2.05) is 6.20 Å². The quantitative estimate of drug-likeness (QED) is 0.804. The molecule has 0 saturated heterocycles. The summed E-state index contributed by atoms with van der Waals surface area (Å²) in [5.41, 5.74) is 8.27. The summed E-state index contributed by atoms with van der Waals surface area (Å²) in [5, 5.41) is 0. The summed E-state index contributed by atoms with van der Waals surface area (Å²) in [6.45, 7) is 5.49. The van der Waals surface area contributed by atoms with Crippen LogP contribution >= 0.6 is 0 Å². The number of hydrogen-bond acceptors (Lipinski definition) is 3. The Hall–Kier alpha value is -1.09. The van der Waals surface area contributed by atoms with Crippen LogP contribution in [0.15, 0.2) is 18.3 Å². The number of nitrogens with two attached hydrogens (primary N) is 1. The molecule has 1 heterocycles. The summed E-state index contributed by atoms with van der Waals surface area (Å²) in [5.74, 6) is 0. The molecule has 1 aromatic rings. The van der Waals surface area contributed by atoms with E-state index < -0.39 is 0 Å². The lowest BCUT2D eigenvalue weighted by molar-refractivity contribution is 0.672. The molecule has 0 amide bonds. The first-order valence-electron chi connectivity index (χ1n) is 7.24. The minimum absolute atomic E-state index is 0.0732. The van der Waals surface area contributed by atoms with Gasteiger partial charge in [-0.3, -0.25) is 4.98 Å². The summed E-state index contributed by atoms with van der Waals surface area (Å²) in [7, 11) is 0. The number of anilines is 1. The maximum Gasteiger partial charge on any atom is 0.0572 e. The minimum Gasteiger partial charge on any atom is -0.367 e. The second kappa shape index (κ2) is 6.19. The monoisotopic (exact) mass is 247 g/mol. The molecule has 0 aliphatic heterocycles. The zero-order valence-corrected chi connectivity index (χ0v) is 11.6. The van der Waals surface area contributed by atoms with Crippen LogP contribution in [0.25, 0.3) is 0 Å². The van der Waals surface area contributed by atoms with Gasteiger partial charge in [0.1, 0.15) is 0 Å². The van der Waals surface area contributed by atoms with Gasteiger partial charge in [0.25, 0.3) is 0 Å². The second-order valence-electron chi connectivity index (χ2n) is 5.23. The highest BCUT2D eigenvalue weighted by molar-refractivity contribution is 5.47. The minimum atomic E-state index is 0.0732. The van der Waals surface area contributed by atoms with Crippen LogP contribution in [0.3, 0.4) is 0 Å². The molecule has 18 heavy (non-hydrogen) atoms. The number of nitrogens with zero attached hydrogens (tertiary/aromatic N) is 2. The molecule has 1 aromatic heterocycles. The third-order valence-corrected chi connectivity index (χ3v) is 3.66. The molecular formula is C15H25N3. The Kier molecular flexibility index (Phi) is 4.59. The van der Waals surface area contributed by atoms with E-state index in [1.165, 1.54) is 31.4 Å². The molecule has 2 rings (SSSR count). The van der Waals surface area contributed by atoms with Crippen molar-refractivity contribution < 1.29 is 0 Å². The molecule has 1 atom stereocenters. The number of aromatic nitrogens is 1. The molecule has 0 radical (unpaired) electrons. The third-order valence-electron chi connectivity index (χ3n) is 3.66. The molecule has 0 bridgehead atoms. The number of pyridine rings is 1. The van der Waals surface area contributed by atoms with Gasteiger partial charge in [0.05, 0.1) is 17.6 Å². The standard InChI is InChI=1S/C15H25N3/c1-3-5-10-18(12-6-7-12)13-8-9-15(17-11-13)14(16)4-2/h8-9,11-12,14H,3-7,10,16H2,1-2H3. The second-order valence-corrected chi connectivity index (χ2v) is 5.23. The van der Waals surface area contributed by atoms with Crippen LogP contribution in [-0.4, -0.2) is 17.6 Å². The van der Waals surface area contributed by atoms with Crippen molar-refractivity contribution in [1.29, 1.82) is 0 Å². The van der Waals surface area contributed by atoms with Gasteiger partial charge in [-0.2, -0.15) is 0 Å². The van der Waals surface area contributed by atoms with Gasteiger partial charge in [-0.1, -0.05) is 20.3 Å². The first kappa shape index (κ1) is 13.3. The smallest absolute Gasteiger partial charge is 0.0572 e. The van der Waals surface area contributed by atoms with E-state index in [9.17, 15) is 0 Å². The van der Waals surface area contributed by atoms with Crippen LogP contribution in [0.5, 0.6) is 0 Å². The van der Waals surface area contributed by atoms with Crippen LogP contribution < -0.4 is 10.6 Å². The van der Waals surface area contributed by atoms with E-state index in [2.05, 4.69) is 35.9 Å². The summed E-state index contributed by atoms with van der Waals surface area (Å²) in [6, 6.07) is 5.10. The van der Waals surface area contributed by atoms with Crippen molar-refractivity contribution in [3.63, 3.8) is 0 Å². The fraction of sp³-hybridized carbons (Fsp3) is 0.667. The maximum atomic E-state index is 6.00. The van der Waals surface area contributed by atoms with E-state index in [1.54, 1.807) is 0 Å². The van der Waals surface area contributed by atoms with Crippen molar-refractivity contribution in [3.05, 3.63) is 24.0 Å². The van der Waals surface area contributed by atoms with Crippen LogP contribution in [0.1, 0.15) is 57.7 Å². The molecule has 3 nitrogen and oxygen atoms in total. The largest absolute Gasteiger partial charge is 0.367 e. The van der Waals surface area contributed by atoms with Gasteiger partial charge in [-0.25, -0.2) is 0 Å². The Balaban J connectivity index is 2.05. The predicted molar refractivity (Wildman–Crippen MR) is 76.7 cm³/mol. The highest BCUT2D eigenvalue weighted by atomic mass is 15.2. The van der Waals surface area contributed by atoms with Crippen molar-refractivity contribution >= 4 is 5.69 Å². The predicted octanol–water partition coefficient (Wildman–Crippen LogP) is 3.26. The Morgan fingerprint density at radius 2 is 2.17 bits per heavy atom. The van der Waals surface area contributed by atoms with Crippen molar-refractivity contribution in [1.82, 2.24) is 4.98 Å². The number of rotatable bonds is 7. The summed E-state index contributed by atoms with van der Waals surface area (Å²) in [4.78, 5) is 7.03. The lowest BCUT2D eigenvalue weighted by atomic mass is 10.1. The van der Waals surface area contributed by atoms with Crippen LogP contribution in [0.2, 0.25) is 0 Å². The lowest BCUT2D eigenvalue weighted by Gasteiger charge is -2.24. The zero-order valence-electron chi connectivity index (χ0n) is 11.6. The molecule has 3 heteroatoms. The van der Waals surface area contributed by atoms with Crippen molar-refractivity contribution in [2.45, 2.75) is 58.0 Å². The van der Waals surface area contributed by atoms with Gasteiger partial charge < -0.3 is 10.6 Å². The highest BCUT2D eigenvalue weighted by Gasteiger charge is 2.28. The summed E-state index contributed by atoms with van der Waals surface area (Å²) in [6.07, 6.45) is 8.11. The van der Waals surface area contributed by atoms with Crippen LogP contribution in [0, 0.1) is 0 Å². The van der Waals surface area contributed by atoms with Gasteiger partial charge in [0.2, 0.25) is 0 Å². The SMILES string of the molecule is CCCCN(c1ccc(C(N)CC)nc1)C1CC1. The van der Waals surface area contributed by atoms with Gasteiger partial charge in [0, 0.05) is 18.6 Å². The number of hydrogen-bond donors (Lipinski definition) is 1. The van der Waals surface area contributed by atoms with E-state index in [0.717, 1.165) is 24.7 Å². The Bertz CT molecular complexity index is 357. The van der Waals surface area contributed by atoms with Crippen molar-refractivity contribution in [2.24, 2.45) is 5.73 Å². The molecule has 1 saturated carbocycles. The maximum absolute atomic E-state index is 6.00. The average molecular weight is 247 g/mol. The Morgan fingerprint density at radius 3 is 2.67 bits per heavy atom. The summed E-state index contributed by atoms with van der Waals surface area (Å²) < 4.78 is 0. The van der Waals surface area contributed by atoms with Gasteiger partial charge in [0.15, 0.2) is 0 Å². The average Bonchev–Trinajstić information content (AvgIpc) is 3.24. The topological polar surface area (TPSA) is 42.1 Å². The molecule has 0 aromatic carbocycles. The Labute approximate surface area is 110 Å². The molecule has 1 aliphatic carbocycles. The fourth-order valence-corrected chi connectivity index (χ4v) is 2.23. The molecule has 100 valence electrons. The first-order valence-corrected chi connectivity index (χ1v) is 7.24. The van der Waals surface area contributed by atoms with E-state index >= 15 is 0 Å². The highest BCUT2D eigenvalue weighted by Crippen LogP contribution is 2.31. The van der Waals surface area contributed by atoms with Crippen molar-refractivity contribution in [2.75, 3.05) is 11.4 Å². The summed E-state index contributed by atoms with van der Waals surface area (Å²) >= 11 is 0. The van der Waals surface area contributed by atoms with Gasteiger partial charge >= 0.3 is 0 Å².